The third-order valence-corrected chi connectivity index (χ3v) is 7.08. The van der Waals surface area contributed by atoms with Gasteiger partial charge in [-0.15, -0.1) is 0 Å². The molecule has 3 heterocycles. The second-order valence-electron chi connectivity index (χ2n) is 10.2. The van der Waals surface area contributed by atoms with Crippen molar-refractivity contribution in [3.63, 3.8) is 0 Å². The van der Waals surface area contributed by atoms with E-state index < -0.39 is 6.04 Å². The molecule has 36 heavy (non-hydrogen) atoms. The summed E-state index contributed by atoms with van der Waals surface area (Å²) in [6.45, 7) is 9.71. The summed E-state index contributed by atoms with van der Waals surface area (Å²) in [4.78, 5) is 29.3. The summed E-state index contributed by atoms with van der Waals surface area (Å²) in [6.07, 6.45) is 1.76. The van der Waals surface area contributed by atoms with Crippen LogP contribution in [0.5, 0.6) is 11.5 Å². The van der Waals surface area contributed by atoms with Crippen LogP contribution in [0.25, 0.3) is 11.0 Å². The monoisotopic (exact) mass is 491 g/mol. The summed E-state index contributed by atoms with van der Waals surface area (Å²) in [5, 5.41) is 0.484. The Hall–Kier alpha value is -3.32. The average molecular weight is 492 g/mol. The second kappa shape index (κ2) is 9.62. The van der Waals surface area contributed by atoms with Crippen molar-refractivity contribution >= 4 is 16.9 Å². The van der Waals surface area contributed by atoms with Gasteiger partial charge in [0.15, 0.2) is 16.9 Å². The second-order valence-corrected chi connectivity index (χ2v) is 10.2. The van der Waals surface area contributed by atoms with Crippen molar-refractivity contribution in [1.82, 2.24) is 4.90 Å². The first-order chi connectivity index (χ1) is 17.3. The molecule has 0 aliphatic carbocycles. The Kier molecular flexibility index (Phi) is 6.51. The zero-order valence-corrected chi connectivity index (χ0v) is 21.6. The third kappa shape index (κ3) is 4.26. The highest BCUT2D eigenvalue weighted by Gasteiger charge is 2.44. The number of rotatable bonds is 7. The lowest BCUT2D eigenvalue weighted by atomic mass is 9.97. The largest absolute Gasteiger partial charge is 0.493 e. The minimum absolute atomic E-state index is 0.0738. The maximum absolute atomic E-state index is 13.9. The van der Waals surface area contributed by atoms with E-state index in [4.69, 9.17) is 18.6 Å². The van der Waals surface area contributed by atoms with Crippen molar-refractivity contribution in [2.75, 3.05) is 26.9 Å². The molecule has 1 saturated heterocycles. The fourth-order valence-electron chi connectivity index (χ4n) is 5.05. The maximum Gasteiger partial charge on any atom is 0.291 e. The number of methoxy groups -OCH3 is 1. The van der Waals surface area contributed by atoms with Crippen LogP contribution in [-0.4, -0.2) is 43.8 Å². The quantitative estimate of drug-likeness (QED) is 0.453. The molecule has 0 unspecified atom stereocenters. The summed E-state index contributed by atoms with van der Waals surface area (Å²) in [5.41, 5.74) is 3.39. The molecule has 7 nitrogen and oxygen atoms in total. The first-order valence-electron chi connectivity index (χ1n) is 12.6. The molecule has 1 amide bonds. The standard InChI is InChI=1S/C29H33NO6/c1-16(2)15-35-22-9-8-19(13-24(22)33-5)26-25-27(31)21-11-17(3)18(4)12-23(21)36-28(25)29(32)30(26)14-20-7-6-10-34-20/h8-9,11-13,16,20,26H,6-7,10,14-15H2,1-5H3/t20-,26-/m0/s1. The average Bonchev–Trinajstić information content (AvgIpc) is 3.46. The van der Waals surface area contributed by atoms with Crippen LogP contribution < -0.4 is 14.9 Å². The van der Waals surface area contributed by atoms with Crippen LogP contribution >= 0.6 is 0 Å². The van der Waals surface area contributed by atoms with Crippen LogP contribution in [0.3, 0.4) is 0 Å². The van der Waals surface area contributed by atoms with Gasteiger partial charge in [-0.3, -0.25) is 9.59 Å². The fraction of sp³-hybridized carbons (Fsp3) is 0.448. The van der Waals surface area contributed by atoms with E-state index in [-0.39, 0.29) is 23.2 Å². The van der Waals surface area contributed by atoms with Gasteiger partial charge in [0, 0.05) is 13.2 Å². The lowest BCUT2D eigenvalue weighted by Crippen LogP contribution is -2.36. The molecule has 0 saturated carbocycles. The lowest BCUT2D eigenvalue weighted by Gasteiger charge is -2.28. The van der Waals surface area contributed by atoms with Crippen LogP contribution in [0.2, 0.25) is 0 Å². The zero-order valence-electron chi connectivity index (χ0n) is 21.6. The molecule has 190 valence electrons. The molecule has 0 bridgehead atoms. The minimum atomic E-state index is -0.605. The van der Waals surface area contributed by atoms with Gasteiger partial charge in [0.1, 0.15) is 5.58 Å². The number of aryl methyl sites for hydroxylation is 2. The minimum Gasteiger partial charge on any atom is -0.493 e. The van der Waals surface area contributed by atoms with Crippen LogP contribution in [0.4, 0.5) is 0 Å². The molecule has 1 aromatic heterocycles. The van der Waals surface area contributed by atoms with Gasteiger partial charge in [-0.2, -0.15) is 0 Å². The first kappa shape index (κ1) is 24.4. The number of carbonyl (C=O) groups excluding carboxylic acids is 1. The van der Waals surface area contributed by atoms with E-state index >= 15 is 0 Å². The van der Waals surface area contributed by atoms with Crippen LogP contribution in [-0.2, 0) is 4.74 Å². The van der Waals surface area contributed by atoms with Gasteiger partial charge in [0.25, 0.3) is 5.91 Å². The molecular weight excluding hydrogens is 458 g/mol. The number of fused-ring (bicyclic) bond motifs is 2. The Morgan fingerprint density at radius 2 is 1.86 bits per heavy atom. The number of amides is 1. The fourth-order valence-corrected chi connectivity index (χ4v) is 5.05. The van der Waals surface area contributed by atoms with E-state index in [1.54, 1.807) is 12.0 Å². The van der Waals surface area contributed by atoms with Crippen LogP contribution in [0.15, 0.2) is 39.5 Å². The summed E-state index contributed by atoms with van der Waals surface area (Å²) in [5.74, 6) is 1.37. The number of nitrogens with zero attached hydrogens (tertiary/aromatic N) is 1. The Labute approximate surface area is 210 Å². The smallest absolute Gasteiger partial charge is 0.291 e. The predicted octanol–water partition coefficient (Wildman–Crippen LogP) is 5.18. The molecule has 0 N–H and O–H groups in total. The van der Waals surface area contributed by atoms with Crippen molar-refractivity contribution in [3.05, 3.63) is 68.6 Å². The summed E-state index contributed by atoms with van der Waals surface area (Å²) in [7, 11) is 1.59. The van der Waals surface area contributed by atoms with Crippen molar-refractivity contribution in [2.45, 2.75) is 52.7 Å². The van der Waals surface area contributed by atoms with Gasteiger partial charge in [-0.05, 0) is 73.6 Å². The Balaban J connectivity index is 1.66. The van der Waals surface area contributed by atoms with E-state index in [1.807, 2.05) is 44.2 Å². The Morgan fingerprint density at radius 3 is 2.56 bits per heavy atom. The van der Waals surface area contributed by atoms with Crippen molar-refractivity contribution in [2.24, 2.45) is 5.92 Å². The normalized spacial score (nSPS) is 19.4. The SMILES string of the molecule is COc1cc([C@H]2c3c(oc4cc(C)c(C)cc4c3=O)C(=O)N2C[C@@H]2CCCO2)ccc1OCC(C)C. The highest BCUT2D eigenvalue weighted by Crippen LogP contribution is 2.41. The molecule has 1 fully saturated rings. The first-order valence-corrected chi connectivity index (χ1v) is 12.6. The Bertz CT molecular complexity index is 1370. The molecule has 3 aromatic rings. The summed E-state index contributed by atoms with van der Waals surface area (Å²) >= 11 is 0. The molecule has 5 rings (SSSR count). The number of hydrogen-bond acceptors (Lipinski definition) is 6. The lowest BCUT2D eigenvalue weighted by molar-refractivity contribution is 0.0486. The molecule has 7 heteroatoms. The number of carbonyl (C=O) groups is 1. The van der Waals surface area contributed by atoms with Crippen molar-refractivity contribution < 1.29 is 23.4 Å². The molecule has 2 aromatic carbocycles. The van der Waals surface area contributed by atoms with E-state index in [9.17, 15) is 9.59 Å². The Morgan fingerprint density at radius 1 is 1.08 bits per heavy atom. The van der Waals surface area contributed by atoms with Gasteiger partial charge < -0.3 is 23.5 Å². The summed E-state index contributed by atoms with van der Waals surface area (Å²) in [6, 6.07) is 8.69. The molecule has 0 radical (unpaired) electrons. The van der Waals surface area contributed by atoms with Gasteiger partial charge in [0.05, 0.1) is 36.8 Å². The topological polar surface area (TPSA) is 78.2 Å². The van der Waals surface area contributed by atoms with Crippen LogP contribution in [0, 0.1) is 19.8 Å². The van der Waals surface area contributed by atoms with Gasteiger partial charge in [-0.1, -0.05) is 19.9 Å². The predicted molar refractivity (Wildman–Crippen MR) is 137 cm³/mol. The molecule has 2 aliphatic heterocycles. The van der Waals surface area contributed by atoms with Crippen molar-refractivity contribution in [3.8, 4) is 11.5 Å². The van der Waals surface area contributed by atoms with Gasteiger partial charge in [0.2, 0.25) is 5.76 Å². The molecule has 0 spiro atoms. The van der Waals surface area contributed by atoms with Crippen molar-refractivity contribution in [1.29, 1.82) is 0 Å². The van der Waals surface area contributed by atoms with Gasteiger partial charge >= 0.3 is 0 Å². The highest BCUT2D eigenvalue weighted by molar-refractivity contribution is 5.99. The zero-order chi connectivity index (χ0) is 25.6. The van der Waals surface area contributed by atoms with E-state index in [0.717, 1.165) is 29.5 Å². The summed E-state index contributed by atoms with van der Waals surface area (Å²) < 4.78 is 23.6. The van der Waals surface area contributed by atoms with E-state index in [0.29, 0.717) is 53.7 Å². The van der Waals surface area contributed by atoms with E-state index in [1.165, 1.54) is 0 Å². The molecule has 2 atom stereocenters. The van der Waals surface area contributed by atoms with E-state index in [2.05, 4.69) is 13.8 Å². The number of ether oxygens (including phenoxy) is 3. The third-order valence-electron chi connectivity index (χ3n) is 7.08. The number of hydrogen-bond donors (Lipinski definition) is 0. The van der Waals surface area contributed by atoms with Crippen LogP contribution in [0.1, 0.15) is 65.5 Å². The van der Waals surface area contributed by atoms with Gasteiger partial charge in [-0.25, -0.2) is 0 Å². The maximum atomic E-state index is 13.9. The molecule has 2 aliphatic rings. The number of benzene rings is 2. The molecular formula is C29H33NO6. The highest BCUT2D eigenvalue weighted by atomic mass is 16.5.